The highest BCUT2D eigenvalue weighted by Gasteiger charge is 2.05. The Morgan fingerprint density at radius 3 is 3.00 bits per heavy atom. The summed E-state index contributed by atoms with van der Waals surface area (Å²) in [6.45, 7) is -0.107. The van der Waals surface area contributed by atoms with Gasteiger partial charge in [0, 0.05) is 0 Å². The highest BCUT2D eigenvalue weighted by Crippen LogP contribution is 2.13. The van der Waals surface area contributed by atoms with Gasteiger partial charge in [-0.05, 0) is 28.1 Å². The van der Waals surface area contributed by atoms with Gasteiger partial charge in [0.2, 0.25) is 0 Å². The van der Waals surface area contributed by atoms with E-state index in [1.165, 1.54) is 0 Å². The van der Waals surface area contributed by atoms with Crippen molar-refractivity contribution in [1.82, 2.24) is 14.6 Å². The summed E-state index contributed by atoms with van der Waals surface area (Å²) in [6, 6.07) is 5.57. The lowest BCUT2D eigenvalue weighted by Gasteiger charge is -1.97. The predicted molar refractivity (Wildman–Crippen MR) is 46.6 cm³/mol. The second kappa shape index (κ2) is 2.84. The molecule has 0 amide bonds. The van der Waals surface area contributed by atoms with Crippen molar-refractivity contribution in [2.24, 2.45) is 0 Å². The van der Waals surface area contributed by atoms with E-state index in [1.807, 2.05) is 18.2 Å². The average molecular weight is 228 g/mol. The minimum Gasteiger partial charge on any atom is -0.388 e. The smallest absolute Gasteiger partial charge is 0.164 e. The van der Waals surface area contributed by atoms with E-state index in [0.29, 0.717) is 5.82 Å². The molecular weight excluding hydrogens is 222 g/mol. The second-order valence-electron chi connectivity index (χ2n) is 2.32. The Hall–Kier alpha value is -0.940. The predicted octanol–water partition coefficient (Wildman–Crippen LogP) is 0.984. The van der Waals surface area contributed by atoms with Gasteiger partial charge in [0.25, 0.3) is 0 Å². The van der Waals surface area contributed by atoms with Gasteiger partial charge in [-0.25, -0.2) is 0 Å². The van der Waals surface area contributed by atoms with E-state index < -0.39 is 0 Å². The Bertz CT molecular complexity index is 412. The summed E-state index contributed by atoms with van der Waals surface area (Å²) in [4.78, 5) is 0. The fraction of sp³-hybridized carbons (Fsp3) is 0.143. The van der Waals surface area contributed by atoms with Crippen LogP contribution in [0.25, 0.3) is 5.65 Å². The summed E-state index contributed by atoms with van der Waals surface area (Å²) in [5.41, 5.74) is 0.730. The van der Waals surface area contributed by atoms with Crippen molar-refractivity contribution in [3.63, 3.8) is 0 Å². The number of rotatable bonds is 1. The normalized spacial score (nSPS) is 10.8. The molecule has 2 aromatic heterocycles. The van der Waals surface area contributed by atoms with Gasteiger partial charge < -0.3 is 5.11 Å². The Morgan fingerprint density at radius 2 is 2.25 bits per heavy atom. The lowest BCUT2D eigenvalue weighted by atomic mass is 10.5. The van der Waals surface area contributed by atoms with Crippen molar-refractivity contribution in [1.29, 1.82) is 0 Å². The van der Waals surface area contributed by atoms with Gasteiger partial charge in [-0.3, -0.25) is 4.40 Å². The molecule has 4 nitrogen and oxygen atoms in total. The Balaban J connectivity index is 2.83. The van der Waals surface area contributed by atoms with E-state index in [0.717, 1.165) is 10.3 Å². The molecule has 1 N–H and O–H groups in total. The van der Waals surface area contributed by atoms with Crippen LogP contribution in [-0.2, 0) is 6.61 Å². The van der Waals surface area contributed by atoms with Crippen molar-refractivity contribution in [2.45, 2.75) is 6.61 Å². The van der Waals surface area contributed by atoms with Crippen molar-refractivity contribution >= 4 is 21.6 Å². The topological polar surface area (TPSA) is 50.4 Å². The average Bonchev–Trinajstić information content (AvgIpc) is 2.49. The maximum Gasteiger partial charge on any atom is 0.164 e. The molecule has 0 bridgehead atoms. The summed E-state index contributed by atoms with van der Waals surface area (Å²) >= 11 is 3.34. The molecule has 12 heavy (non-hydrogen) atoms. The van der Waals surface area contributed by atoms with Crippen LogP contribution in [-0.4, -0.2) is 19.7 Å². The van der Waals surface area contributed by atoms with Crippen LogP contribution in [0, 0.1) is 0 Å². The van der Waals surface area contributed by atoms with Crippen LogP contribution in [0.4, 0.5) is 0 Å². The van der Waals surface area contributed by atoms with Gasteiger partial charge >= 0.3 is 0 Å². The maximum absolute atomic E-state index is 8.90. The number of hydrogen-bond donors (Lipinski definition) is 1. The fourth-order valence-corrected chi connectivity index (χ4v) is 1.60. The standard InChI is InChI=1S/C7H6BrN3O/c8-5-2-1-3-6-9-10-7(4-12)11(5)6/h1-3,12H,4H2. The number of aliphatic hydroxyl groups is 1. The molecule has 0 atom stereocenters. The Kier molecular flexibility index (Phi) is 1.82. The SMILES string of the molecule is OCc1nnc2cccc(Br)n12. The van der Waals surface area contributed by atoms with Crippen LogP contribution in [0.3, 0.4) is 0 Å². The Labute approximate surface area is 77.0 Å². The number of aliphatic hydroxyl groups excluding tert-OH is 1. The van der Waals surface area contributed by atoms with E-state index in [4.69, 9.17) is 5.11 Å². The number of halogens is 1. The summed E-state index contributed by atoms with van der Waals surface area (Å²) in [5.74, 6) is 0.539. The number of fused-ring (bicyclic) bond motifs is 1. The molecule has 0 aliphatic carbocycles. The van der Waals surface area contributed by atoms with Gasteiger partial charge in [0.1, 0.15) is 6.61 Å². The third kappa shape index (κ3) is 1.02. The quantitative estimate of drug-likeness (QED) is 0.740. The zero-order valence-electron chi connectivity index (χ0n) is 6.11. The molecule has 2 heterocycles. The number of hydrogen-bond acceptors (Lipinski definition) is 3. The third-order valence-electron chi connectivity index (χ3n) is 1.59. The molecule has 0 unspecified atom stereocenters. The first-order valence-corrected chi connectivity index (χ1v) is 4.21. The molecule has 0 spiro atoms. The first kappa shape index (κ1) is 7.70. The molecular formula is C7H6BrN3O. The van der Waals surface area contributed by atoms with Gasteiger partial charge in [-0.1, -0.05) is 6.07 Å². The molecule has 2 rings (SSSR count). The van der Waals surface area contributed by atoms with Crippen LogP contribution < -0.4 is 0 Å². The largest absolute Gasteiger partial charge is 0.388 e. The second-order valence-corrected chi connectivity index (χ2v) is 3.13. The van der Waals surface area contributed by atoms with E-state index in [1.54, 1.807) is 4.40 Å². The fourth-order valence-electron chi connectivity index (χ4n) is 1.06. The van der Waals surface area contributed by atoms with Gasteiger partial charge in [0.15, 0.2) is 11.5 Å². The molecule has 0 radical (unpaired) electrons. The monoisotopic (exact) mass is 227 g/mol. The molecule has 0 saturated heterocycles. The van der Waals surface area contributed by atoms with Crippen LogP contribution in [0.1, 0.15) is 5.82 Å². The third-order valence-corrected chi connectivity index (χ3v) is 2.21. The van der Waals surface area contributed by atoms with Gasteiger partial charge in [-0.2, -0.15) is 0 Å². The summed E-state index contributed by atoms with van der Waals surface area (Å²) < 4.78 is 2.59. The minimum absolute atomic E-state index is 0.107. The van der Waals surface area contributed by atoms with E-state index in [9.17, 15) is 0 Å². The molecule has 0 aliphatic rings. The molecule has 5 heteroatoms. The zero-order chi connectivity index (χ0) is 8.55. The first-order valence-electron chi connectivity index (χ1n) is 3.42. The minimum atomic E-state index is -0.107. The maximum atomic E-state index is 8.90. The first-order chi connectivity index (χ1) is 5.83. The van der Waals surface area contributed by atoms with Crippen molar-refractivity contribution < 1.29 is 5.11 Å². The highest BCUT2D eigenvalue weighted by molar-refractivity contribution is 9.10. The number of pyridine rings is 1. The van der Waals surface area contributed by atoms with Gasteiger partial charge in [0.05, 0.1) is 4.60 Å². The van der Waals surface area contributed by atoms with Crippen molar-refractivity contribution in [3.8, 4) is 0 Å². The van der Waals surface area contributed by atoms with Crippen molar-refractivity contribution in [3.05, 3.63) is 28.6 Å². The molecule has 0 aliphatic heterocycles. The van der Waals surface area contributed by atoms with E-state index in [2.05, 4.69) is 26.1 Å². The molecule has 0 aromatic carbocycles. The highest BCUT2D eigenvalue weighted by atomic mass is 79.9. The van der Waals surface area contributed by atoms with Crippen LogP contribution in [0.5, 0.6) is 0 Å². The molecule has 0 saturated carbocycles. The lowest BCUT2D eigenvalue weighted by Crippen LogP contribution is -1.94. The summed E-state index contributed by atoms with van der Waals surface area (Å²) in [7, 11) is 0. The molecule has 2 aromatic rings. The van der Waals surface area contributed by atoms with Crippen molar-refractivity contribution in [2.75, 3.05) is 0 Å². The number of nitrogens with zero attached hydrogens (tertiary/aromatic N) is 3. The summed E-state index contributed by atoms with van der Waals surface area (Å²) in [6.07, 6.45) is 0. The van der Waals surface area contributed by atoms with E-state index in [-0.39, 0.29) is 6.61 Å². The van der Waals surface area contributed by atoms with E-state index >= 15 is 0 Å². The lowest BCUT2D eigenvalue weighted by molar-refractivity contribution is 0.269. The van der Waals surface area contributed by atoms with Crippen LogP contribution in [0.15, 0.2) is 22.8 Å². The summed E-state index contributed by atoms with van der Waals surface area (Å²) in [5, 5.41) is 16.6. The zero-order valence-corrected chi connectivity index (χ0v) is 7.69. The number of aromatic nitrogens is 3. The van der Waals surface area contributed by atoms with Gasteiger partial charge in [-0.15, -0.1) is 10.2 Å². The Morgan fingerprint density at radius 1 is 1.42 bits per heavy atom. The van der Waals surface area contributed by atoms with Crippen LogP contribution >= 0.6 is 15.9 Å². The van der Waals surface area contributed by atoms with Crippen LogP contribution in [0.2, 0.25) is 0 Å². The molecule has 62 valence electrons. The molecule has 0 fully saturated rings.